The van der Waals surface area contributed by atoms with Gasteiger partial charge in [-0.3, -0.25) is 9.69 Å². The van der Waals surface area contributed by atoms with Crippen molar-refractivity contribution in [3.05, 3.63) is 77.2 Å². The van der Waals surface area contributed by atoms with E-state index in [1.54, 1.807) is 12.1 Å². The van der Waals surface area contributed by atoms with E-state index in [1.807, 2.05) is 37.7 Å². The van der Waals surface area contributed by atoms with Crippen molar-refractivity contribution in [2.45, 2.75) is 31.1 Å². The van der Waals surface area contributed by atoms with Crippen LogP contribution in [0.25, 0.3) is 11.3 Å². The number of aromatic nitrogens is 4. The molecular weight excluding hydrogens is 483 g/mol. The number of amides is 1. The molecule has 0 spiro atoms. The zero-order valence-corrected chi connectivity index (χ0v) is 21.4. The van der Waals surface area contributed by atoms with Crippen molar-refractivity contribution in [1.82, 2.24) is 24.6 Å². The van der Waals surface area contributed by atoms with Gasteiger partial charge in [0.15, 0.2) is 16.1 Å². The molecule has 1 amide bonds. The lowest BCUT2D eigenvalue weighted by Crippen LogP contribution is -2.23. The lowest BCUT2D eigenvalue weighted by atomic mass is 10.2. The number of benzene rings is 2. The van der Waals surface area contributed by atoms with Crippen LogP contribution < -0.4 is 5.32 Å². The van der Waals surface area contributed by atoms with Crippen molar-refractivity contribution in [1.29, 1.82) is 0 Å². The fourth-order valence-corrected chi connectivity index (χ4v) is 5.20. The van der Waals surface area contributed by atoms with Crippen LogP contribution in [0.3, 0.4) is 0 Å². The van der Waals surface area contributed by atoms with Gasteiger partial charge < -0.3 is 9.88 Å². The number of hydrogen-bond acceptors (Lipinski definition) is 7. The number of anilines is 1. The largest absolute Gasteiger partial charge is 0.301 e. The Morgan fingerprint density at radius 1 is 1.14 bits per heavy atom. The van der Waals surface area contributed by atoms with Gasteiger partial charge >= 0.3 is 0 Å². The molecule has 4 rings (SSSR count). The summed E-state index contributed by atoms with van der Waals surface area (Å²) in [4.78, 5) is 19.3. The van der Waals surface area contributed by atoms with Crippen LogP contribution in [0.5, 0.6) is 0 Å². The van der Waals surface area contributed by atoms with Crippen LogP contribution in [0.15, 0.2) is 65.1 Å². The maximum absolute atomic E-state index is 13.2. The fourth-order valence-electron chi connectivity index (χ4n) is 3.72. The summed E-state index contributed by atoms with van der Waals surface area (Å²) in [7, 11) is 4.06. The van der Waals surface area contributed by atoms with Crippen LogP contribution in [0.4, 0.5) is 9.52 Å². The molecule has 0 aliphatic heterocycles. The molecule has 1 atom stereocenters. The van der Waals surface area contributed by atoms with Gasteiger partial charge in [-0.1, -0.05) is 49.0 Å². The van der Waals surface area contributed by atoms with Gasteiger partial charge in [0.1, 0.15) is 5.82 Å². The molecule has 4 aromatic rings. The summed E-state index contributed by atoms with van der Waals surface area (Å²) in [6.07, 6.45) is 0.894. The first-order valence-electron chi connectivity index (χ1n) is 11.2. The number of halogens is 1. The molecule has 0 saturated heterocycles. The molecule has 0 bridgehead atoms. The monoisotopic (exact) mass is 510 g/mol. The Bertz CT molecular complexity index is 1260. The molecular formula is C25H27FN6OS2. The number of thioether (sulfide) groups is 1. The fraction of sp³-hybridized carbons (Fsp3) is 0.280. The predicted molar refractivity (Wildman–Crippen MR) is 139 cm³/mol. The zero-order chi connectivity index (χ0) is 24.8. The number of nitrogens with zero attached hydrogens (tertiary/aromatic N) is 5. The Hall–Kier alpha value is -3.08. The van der Waals surface area contributed by atoms with Gasteiger partial charge in [0.25, 0.3) is 0 Å². The van der Waals surface area contributed by atoms with Crippen LogP contribution in [-0.2, 0) is 11.3 Å². The smallest absolute Gasteiger partial charge is 0.236 e. The molecule has 0 aliphatic carbocycles. The number of nitrogens with one attached hydrogen (secondary N) is 1. The van der Waals surface area contributed by atoms with Gasteiger partial charge in [-0.25, -0.2) is 9.37 Å². The second kappa shape index (κ2) is 11.6. The van der Waals surface area contributed by atoms with E-state index >= 15 is 0 Å². The highest BCUT2D eigenvalue weighted by molar-refractivity contribution is 7.99. The predicted octanol–water partition coefficient (Wildman–Crippen LogP) is 5.33. The Kier molecular flexibility index (Phi) is 8.27. The molecule has 0 aliphatic rings. The minimum atomic E-state index is -0.298. The third-order valence-corrected chi connectivity index (χ3v) is 7.18. The molecule has 2 aromatic carbocycles. The van der Waals surface area contributed by atoms with E-state index in [0.29, 0.717) is 22.5 Å². The molecule has 7 nitrogen and oxygen atoms in total. The standard InChI is InChI=1S/C25H27FN6OS2/c1-4-21(31(2)3)23-29-30-25(32(23)14-17-8-6-5-7-9-17)35-16-22(33)28-24-27-20(15-34-24)18-10-12-19(26)13-11-18/h5-13,15,21H,4,14,16H2,1-3H3,(H,27,28,33)/t21-/m1/s1. The highest BCUT2D eigenvalue weighted by Crippen LogP contribution is 2.28. The van der Waals surface area contributed by atoms with Gasteiger partial charge in [-0.15, -0.1) is 21.5 Å². The van der Waals surface area contributed by atoms with Crippen LogP contribution in [0.2, 0.25) is 0 Å². The number of carbonyl (C=O) groups excluding carboxylic acids is 1. The van der Waals surface area contributed by atoms with E-state index in [9.17, 15) is 9.18 Å². The molecule has 2 heterocycles. The number of thiazole rings is 1. The van der Waals surface area contributed by atoms with Crippen LogP contribution in [0, 0.1) is 5.82 Å². The number of hydrogen-bond donors (Lipinski definition) is 1. The molecule has 2 aromatic heterocycles. The summed E-state index contributed by atoms with van der Waals surface area (Å²) in [5.74, 6) is 0.587. The highest BCUT2D eigenvalue weighted by Gasteiger charge is 2.23. The van der Waals surface area contributed by atoms with Crippen molar-refractivity contribution >= 4 is 34.1 Å². The van der Waals surface area contributed by atoms with Gasteiger partial charge in [0.05, 0.1) is 24.0 Å². The maximum atomic E-state index is 13.2. The number of carbonyl (C=O) groups is 1. The average molecular weight is 511 g/mol. The first-order valence-corrected chi connectivity index (χ1v) is 13.1. The molecule has 0 saturated carbocycles. The first-order chi connectivity index (χ1) is 16.9. The van der Waals surface area contributed by atoms with E-state index in [1.165, 1.54) is 35.2 Å². The summed E-state index contributed by atoms with van der Waals surface area (Å²) < 4.78 is 15.3. The second-order valence-corrected chi connectivity index (χ2v) is 9.98. The van der Waals surface area contributed by atoms with Gasteiger partial charge in [0.2, 0.25) is 5.91 Å². The van der Waals surface area contributed by atoms with Crippen molar-refractivity contribution in [2.24, 2.45) is 0 Å². The van der Waals surface area contributed by atoms with Crippen molar-refractivity contribution in [2.75, 3.05) is 25.2 Å². The SMILES string of the molecule is CC[C@H](c1nnc(SCC(=O)Nc2nc(-c3ccc(F)cc3)cs2)n1Cc1ccccc1)N(C)C. The summed E-state index contributed by atoms with van der Waals surface area (Å²) in [5.41, 5.74) is 2.63. The molecule has 35 heavy (non-hydrogen) atoms. The molecule has 182 valence electrons. The van der Waals surface area contributed by atoms with E-state index < -0.39 is 0 Å². The molecule has 0 unspecified atom stereocenters. The van der Waals surface area contributed by atoms with E-state index in [-0.39, 0.29) is 23.5 Å². The molecule has 1 N–H and O–H groups in total. The maximum Gasteiger partial charge on any atom is 0.236 e. The van der Waals surface area contributed by atoms with Crippen LogP contribution >= 0.6 is 23.1 Å². The normalized spacial score (nSPS) is 12.1. The number of rotatable bonds is 10. The minimum absolute atomic E-state index is 0.120. The minimum Gasteiger partial charge on any atom is -0.301 e. The second-order valence-electron chi connectivity index (χ2n) is 8.18. The Morgan fingerprint density at radius 3 is 2.57 bits per heavy atom. The topological polar surface area (TPSA) is 75.9 Å². The summed E-state index contributed by atoms with van der Waals surface area (Å²) in [5, 5.41) is 14.8. The van der Waals surface area contributed by atoms with E-state index in [4.69, 9.17) is 0 Å². The Labute approximate surface area is 212 Å². The van der Waals surface area contributed by atoms with Crippen molar-refractivity contribution < 1.29 is 9.18 Å². The summed E-state index contributed by atoms with van der Waals surface area (Å²) >= 11 is 2.69. The first kappa shape index (κ1) is 25.0. The Morgan fingerprint density at radius 2 is 1.89 bits per heavy atom. The van der Waals surface area contributed by atoms with Gasteiger partial charge in [-0.2, -0.15) is 0 Å². The lowest BCUT2D eigenvalue weighted by molar-refractivity contribution is -0.113. The molecule has 0 fully saturated rings. The average Bonchev–Trinajstić information content (AvgIpc) is 3.47. The lowest BCUT2D eigenvalue weighted by Gasteiger charge is -2.23. The zero-order valence-electron chi connectivity index (χ0n) is 19.8. The molecule has 10 heteroatoms. The molecule has 0 radical (unpaired) electrons. The van der Waals surface area contributed by atoms with Crippen LogP contribution in [0.1, 0.15) is 30.8 Å². The van der Waals surface area contributed by atoms with E-state index in [2.05, 4.69) is 49.0 Å². The van der Waals surface area contributed by atoms with Crippen LogP contribution in [-0.4, -0.2) is 50.4 Å². The van der Waals surface area contributed by atoms with E-state index in [0.717, 1.165) is 23.4 Å². The van der Waals surface area contributed by atoms with Gasteiger partial charge in [0, 0.05) is 10.9 Å². The quantitative estimate of drug-likeness (QED) is 0.291. The Balaban J connectivity index is 1.45. The third kappa shape index (κ3) is 6.33. The van der Waals surface area contributed by atoms with Gasteiger partial charge in [-0.05, 0) is 50.3 Å². The third-order valence-electron chi connectivity index (χ3n) is 5.46. The van der Waals surface area contributed by atoms with Crippen molar-refractivity contribution in [3.8, 4) is 11.3 Å². The van der Waals surface area contributed by atoms with Crippen molar-refractivity contribution in [3.63, 3.8) is 0 Å². The summed E-state index contributed by atoms with van der Waals surface area (Å²) in [6, 6.07) is 16.4. The highest BCUT2D eigenvalue weighted by atomic mass is 32.2. The summed E-state index contributed by atoms with van der Waals surface area (Å²) in [6.45, 7) is 2.76.